The van der Waals surface area contributed by atoms with Crippen LogP contribution in [0.15, 0.2) is 18.2 Å². The molecule has 0 bridgehead atoms. The zero-order chi connectivity index (χ0) is 17.7. The van der Waals surface area contributed by atoms with Crippen LogP contribution in [0, 0.1) is 13.8 Å². The number of aromatic amines is 1. The summed E-state index contributed by atoms with van der Waals surface area (Å²) in [6, 6.07) is 7.26. The van der Waals surface area contributed by atoms with E-state index in [1.807, 2.05) is 6.92 Å². The molecule has 1 aliphatic carbocycles. The van der Waals surface area contributed by atoms with E-state index in [1.165, 1.54) is 30.4 Å². The Bertz CT molecular complexity index is 797. The zero-order valence-corrected chi connectivity index (χ0v) is 15.7. The normalized spacial score (nSPS) is 22.7. The monoisotopic (exact) mass is 353 g/mol. The number of likely N-dealkylation sites (tertiary alicyclic amines) is 1. The molecule has 2 aromatic rings. The van der Waals surface area contributed by atoms with Crippen molar-refractivity contribution in [1.82, 2.24) is 15.1 Å². The molecule has 26 heavy (non-hydrogen) atoms. The summed E-state index contributed by atoms with van der Waals surface area (Å²) >= 11 is 0. The molecule has 1 aromatic heterocycles. The maximum Gasteiger partial charge on any atom is 0.213 e. The van der Waals surface area contributed by atoms with E-state index in [1.54, 1.807) is 0 Å². The minimum absolute atomic E-state index is 0.420. The van der Waals surface area contributed by atoms with Gasteiger partial charge in [0.05, 0.1) is 12.3 Å². The molecule has 0 atom stereocenters. The van der Waals surface area contributed by atoms with Gasteiger partial charge in [0.2, 0.25) is 5.79 Å². The average molecular weight is 353 g/mol. The summed E-state index contributed by atoms with van der Waals surface area (Å²) in [6.07, 6.45) is 6.06. The molecular weight excluding hydrogens is 326 g/mol. The number of aryl methyl sites for hydroxylation is 2. The van der Waals surface area contributed by atoms with E-state index in [2.05, 4.69) is 40.2 Å². The van der Waals surface area contributed by atoms with Gasteiger partial charge < -0.3 is 9.47 Å². The van der Waals surface area contributed by atoms with Crippen molar-refractivity contribution in [2.75, 3.05) is 13.1 Å². The molecule has 1 spiro atoms. The van der Waals surface area contributed by atoms with Crippen molar-refractivity contribution in [2.45, 2.75) is 64.4 Å². The van der Waals surface area contributed by atoms with Gasteiger partial charge in [-0.2, -0.15) is 5.10 Å². The molecule has 1 N–H and O–H groups in total. The van der Waals surface area contributed by atoms with Gasteiger partial charge >= 0.3 is 0 Å². The summed E-state index contributed by atoms with van der Waals surface area (Å²) in [6.45, 7) is 6.91. The fraction of sp³-hybridized carbons (Fsp3) is 0.571. The van der Waals surface area contributed by atoms with E-state index in [4.69, 9.17) is 9.47 Å². The van der Waals surface area contributed by atoms with Gasteiger partial charge in [-0.15, -0.1) is 0 Å². The predicted molar refractivity (Wildman–Crippen MR) is 100 cm³/mol. The molecule has 5 heteroatoms. The lowest BCUT2D eigenvalue weighted by molar-refractivity contribution is -0.231. The summed E-state index contributed by atoms with van der Waals surface area (Å²) in [7, 11) is 0. The van der Waals surface area contributed by atoms with Crippen LogP contribution in [0.3, 0.4) is 0 Å². The molecule has 138 valence electrons. The lowest BCUT2D eigenvalue weighted by Crippen LogP contribution is -2.54. The summed E-state index contributed by atoms with van der Waals surface area (Å²) in [5, 5.41) is 7.38. The van der Waals surface area contributed by atoms with Crippen LogP contribution in [-0.2, 0) is 11.3 Å². The van der Waals surface area contributed by atoms with Gasteiger partial charge in [-0.3, -0.25) is 10.00 Å². The molecule has 0 unspecified atom stereocenters. The second-order valence-electron chi connectivity index (χ2n) is 8.05. The molecular formula is C21H27N3O2. The van der Waals surface area contributed by atoms with Crippen molar-refractivity contribution in [2.24, 2.45) is 0 Å². The number of nitrogens with one attached hydrogen (secondary N) is 1. The van der Waals surface area contributed by atoms with Crippen LogP contribution >= 0.6 is 0 Å². The van der Waals surface area contributed by atoms with Crippen molar-refractivity contribution >= 4 is 0 Å². The number of aromatic nitrogens is 2. The van der Waals surface area contributed by atoms with Crippen LogP contribution < -0.4 is 4.74 Å². The number of hydrogen-bond donors (Lipinski definition) is 1. The average Bonchev–Trinajstić information content (AvgIpc) is 2.94. The molecule has 2 aliphatic heterocycles. The molecule has 2 fully saturated rings. The van der Waals surface area contributed by atoms with Gasteiger partial charge in [0.15, 0.2) is 0 Å². The Balaban J connectivity index is 1.34. The minimum atomic E-state index is -0.420. The van der Waals surface area contributed by atoms with Gasteiger partial charge in [-0.1, -0.05) is 12.5 Å². The van der Waals surface area contributed by atoms with E-state index in [0.717, 1.165) is 54.7 Å². The van der Waals surface area contributed by atoms with Crippen LogP contribution in [-0.4, -0.2) is 40.0 Å². The Kier molecular flexibility index (Phi) is 3.83. The molecule has 5 rings (SSSR count). The molecule has 3 aliphatic rings. The lowest BCUT2D eigenvalue weighted by Gasteiger charge is -2.47. The SMILES string of the molecule is Cc1n[nH]c(C)c1-c1ccc2c(c1)COC1(CCN(C3CCC3)CC1)O2. The van der Waals surface area contributed by atoms with Crippen molar-refractivity contribution in [1.29, 1.82) is 0 Å². The summed E-state index contributed by atoms with van der Waals surface area (Å²) in [5.41, 5.74) is 5.62. The summed E-state index contributed by atoms with van der Waals surface area (Å²) < 4.78 is 12.7. The number of piperidine rings is 1. The number of rotatable bonds is 2. The van der Waals surface area contributed by atoms with Gasteiger partial charge in [0, 0.05) is 48.8 Å². The maximum atomic E-state index is 6.40. The van der Waals surface area contributed by atoms with Gasteiger partial charge in [-0.05, 0) is 44.4 Å². The summed E-state index contributed by atoms with van der Waals surface area (Å²) in [4.78, 5) is 2.63. The largest absolute Gasteiger partial charge is 0.462 e. The fourth-order valence-electron chi connectivity index (χ4n) is 4.59. The second kappa shape index (κ2) is 6.10. The number of ether oxygens (including phenoxy) is 2. The van der Waals surface area contributed by atoms with E-state index < -0.39 is 5.79 Å². The first-order valence-corrected chi connectivity index (χ1v) is 9.85. The lowest BCUT2D eigenvalue weighted by atomic mass is 9.89. The highest BCUT2D eigenvalue weighted by Gasteiger charge is 2.42. The smallest absolute Gasteiger partial charge is 0.213 e. The molecule has 1 saturated heterocycles. The van der Waals surface area contributed by atoms with Crippen molar-refractivity contribution < 1.29 is 9.47 Å². The van der Waals surface area contributed by atoms with Crippen LogP contribution in [0.2, 0.25) is 0 Å². The zero-order valence-electron chi connectivity index (χ0n) is 15.7. The molecule has 0 radical (unpaired) electrons. The standard InChI is InChI=1S/C21H27N3O2/c1-14-20(15(2)23-22-14)16-6-7-19-17(12-16)13-25-21(26-19)8-10-24(11-9-21)18-4-3-5-18/h6-7,12,18H,3-5,8-11,13H2,1-2H3,(H,22,23). The highest BCUT2D eigenvalue weighted by molar-refractivity contribution is 5.70. The van der Waals surface area contributed by atoms with Crippen molar-refractivity contribution in [3.05, 3.63) is 35.2 Å². The minimum Gasteiger partial charge on any atom is -0.462 e. The number of H-pyrrole nitrogens is 1. The molecule has 1 saturated carbocycles. The number of fused-ring (bicyclic) bond motifs is 1. The number of hydrogen-bond acceptors (Lipinski definition) is 4. The van der Waals surface area contributed by atoms with Gasteiger partial charge in [-0.25, -0.2) is 0 Å². The number of benzene rings is 1. The Morgan fingerprint density at radius 2 is 2.00 bits per heavy atom. The van der Waals surface area contributed by atoms with Crippen LogP contribution in [0.5, 0.6) is 5.75 Å². The second-order valence-corrected chi connectivity index (χ2v) is 8.05. The Hall–Kier alpha value is -1.85. The van der Waals surface area contributed by atoms with Crippen LogP contribution in [0.25, 0.3) is 11.1 Å². The topological polar surface area (TPSA) is 50.4 Å². The first-order chi connectivity index (χ1) is 12.6. The Morgan fingerprint density at radius 1 is 1.19 bits per heavy atom. The third kappa shape index (κ3) is 2.65. The fourth-order valence-corrected chi connectivity index (χ4v) is 4.59. The third-order valence-corrected chi connectivity index (χ3v) is 6.41. The molecule has 3 heterocycles. The highest BCUT2D eigenvalue weighted by Crippen LogP contribution is 2.41. The van der Waals surface area contributed by atoms with Crippen molar-refractivity contribution in [3.8, 4) is 16.9 Å². The number of nitrogens with zero attached hydrogens (tertiary/aromatic N) is 2. The van der Waals surface area contributed by atoms with E-state index in [9.17, 15) is 0 Å². The first-order valence-electron chi connectivity index (χ1n) is 9.85. The Morgan fingerprint density at radius 3 is 2.65 bits per heavy atom. The van der Waals surface area contributed by atoms with E-state index in [0.29, 0.717) is 6.61 Å². The Labute approximate surface area is 154 Å². The maximum absolute atomic E-state index is 6.40. The molecule has 0 amide bonds. The van der Waals surface area contributed by atoms with Crippen LogP contribution in [0.4, 0.5) is 0 Å². The van der Waals surface area contributed by atoms with E-state index >= 15 is 0 Å². The van der Waals surface area contributed by atoms with Crippen molar-refractivity contribution in [3.63, 3.8) is 0 Å². The summed E-state index contributed by atoms with van der Waals surface area (Å²) in [5.74, 6) is 0.562. The van der Waals surface area contributed by atoms with Gasteiger partial charge in [0.1, 0.15) is 5.75 Å². The van der Waals surface area contributed by atoms with Gasteiger partial charge in [0.25, 0.3) is 0 Å². The molecule has 1 aromatic carbocycles. The predicted octanol–water partition coefficient (Wildman–Crippen LogP) is 3.95. The first kappa shape index (κ1) is 16.3. The highest BCUT2D eigenvalue weighted by atomic mass is 16.7. The van der Waals surface area contributed by atoms with Crippen LogP contribution in [0.1, 0.15) is 49.1 Å². The third-order valence-electron chi connectivity index (χ3n) is 6.41. The quantitative estimate of drug-likeness (QED) is 0.888. The van der Waals surface area contributed by atoms with E-state index in [-0.39, 0.29) is 0 Å². The molecule has 5 nitrogen and oxygen atoms in total.